The minimum Gasteiger partial charge on any atom is -0.394 e. The molecule has 10 nitrogen and oxygen atoms in total. The lowest BCUT2D eigenvalue weighted by molar-refractivity contribution is 0.274. The SMILES string of the molecule is NS(=O)(=O)c1cncc(-c2nc(NC(CO)c3ccccn3)c3c(-c4ccccc4)ccn3n2)c1. The molecule has 0 aliphatic rings. The first kappa shape index (κ1) is 22.6. The van der Waals surface area contributed by atoms with Gasteiger partial charge in [-0.2, -0.15) is 0 Å². The summed E-state index contributed by atoms with van der Waals surface area (Å²) >= 11 is 0. The van der Waals surface area contributed by atoms with E-state index in [1.807, 2.05) is 48.5 Å². The molecular formula is C24H21N7O3S. The Morgan fingerprint density at radius 2 is 1.83 bits per heavy atom. The van der Waals surface area contributed by atoms with Crippen molar-refractivity contribution >= 4 is 21.4 Å². The molecule has 4 aromatic heterocycles. The summed E-state index contributed by atoms with van der Waals surface area (Å²) < 4.78 is 25.3. The predicted octanol–water partition coefficient (Wildman–Crippen LogP) is 2.65. The van der Waals surface area contributed by atoms with Crippen molar-refractivity contribution in [3.63, 3.8) is 0 Å². The van der Waals surface area contributed by atoms with Crippen molar-refractivity contribution in [3.05, 3.63) is 91.1 Å². The van der Waals surface area contributed by atoms with Gasteiger partial charge in [0.15, 0.2) is 11.6 Å². The maximum Gasteiger partial charge on any atom is 0.239 e. The van der Waals surface area contributed by atoms with Crippen LogP contribution in [-0.2, 0) is 10.0 Å². The Kier molecular flexibility index (Phi) is 5.95. The van der Waals surface area contributed by atoms with Gasteiger partial charge in [-0.15, -0.1) is 5.10 Å². The van der Waals surface area contributed by atoms with E-state index in [0.717, 1.165) is 11.1 Å². The molecule has 0 spiro atoms. The van der Waals surface area contributed by atoms with Crippen molar-refractivity contribution in [2.45, 2.75) is 10.9 Å². The standard InChI is InChI=1S/C24H21N7O3S/c25-35(33,34)18-12-17(13-26-14-18)23-29-24(28-21(15-32)20-8-4-5-10-27-20)22-19(9-11-31(22)30-23)16-6-2-1-3-7-16/h1-14,21,32H,15H2,(H2,25,33,34)(H,28,29,30). The molecule has 0 saturated heterocycles. The zero-order chi connectivity index (χ0) is 24.4. The van der Waals surface area contributed by atoms with Gasteiger partial charge in [-0.05, 0) is 29.8 Å². The Balaban J connectivity index is 1.69. The van der Waals surface area contributed by atoms with Gasteiger partial charge in [0, 0.05) is 35.9 Å². The van der Waals surface area contributed by atoms with Gasteiger partial charge in [-0.3, -0.25) is 9.97 Å². The fraction of sp³-hybridized carbons (Fsp3) is 0.0833. The van der Waals surface area contributed by atoms with Crippen LogP contribution in [0, 0.1) is 0 Å². The van der Waals surface area contributed by atoms with Crippen molar-refractivity contribution in [1.82, 2.24) is 24.6 Å². The molecule has 0 bridgehead atoms. The number of pyridine rings is 2. The molecule has 0 saturated carbocycles. The molecule has 1 unspecified atom stereocenters. The summed E-state index contributed by atoms with van der Waals surface area (Å²) in [4.78, 5) is 12.9. The van der Waals surface area contributed by atoms with Gasteiger partial charge >= 0.3 is 0 Å². The highest BCUT2D eigenvalue weighted by Gasteiger charge is 2.20. The van der Waals surface area contributed by atoms with E-state index in [0.29, 0.717) is 22.6 Å². The highest BCUT2D eigenvalue weighted by Crippen LogP contribution is 2.32. The van der Waals surface area contributed by atoms with Crippen molar-refractivity contribution in [3.8, 4) is 22.5 Å². The summed E-state index contributed by atoms with van der Waals surface area (Å²) in [5.74, 6) is 0.662. The predicted molar refractivity (Wildman–Crippen MR) is 131 cm³/mol. The number of nitrogens with two attached hydrogens (primary N) is 1. The molecular weight excluding hydrogens is 466 g/mol. The van der Waals surface area contributed by atoms with Gasteiger partial charge in [-0.25, -0.2) is 23.1 Å². The van der Waals surface area contributed by atoms with E-state index in [1.54, 1.807) is 23.0 Å². The van der Waals surface area contributed by atoms with E-state index in [2.05, 4.69) is 20.4 Å². The van der Waals surface area contributed by atoms with Gasteiger partial charge in [-0.1, -0.05) is 36.4 Å². The van der Waals surface area contributed by atoms with Crippen LogP contribution in [0.5, 0.6) is 0 Å². The van der Waals surface area contributed by atoms with E-state index in [4.69, 9.17) is 10.1 Å². The molecule has 5 rings (SSSR count). The minimum atomic E-state index is -3.96. The molecule has 5 aromatic rings. The number of nitrogens with zero attached hydrogens (tertiary/aromatic N) is 5. The molecule has 0 aliphatic carbocycles. The summed E-state index contributed by atoms with van der Waals surface area (Å²) in [5.41, 5.74) is 3.54. The van der Waals surface area contributed by atoms with E-state index in [-0.39, 0.29) is 17.3 Å². The fourth-order valence-electron chi connectivity index (χ4n) is 3.76. The average Bonchev–Trinajstić information content (AvgIpc) is 3.32. The van der Waals surface area contributed by atoms with Crippen LogP contribution in [0.15, 0.2) is 90.3 Å². The van der Waals surface area contributed by atoms with Crippen LogP contribution in [0.25, 0.3) is 28.0 Å². The summed E-state index contributed by atoms with van der Waals surface area (Å²) in [6, 6.07) is 18.0. The molecule has 0 radical (unpaired) electrons. The zero-order valence-corrected chi connectivity index (χ0v) is 19.2. The second kappa shape index (κ2) is 9.22. The van der Waals surface area contributed by atoms with Crippen molar-refractivity contribution in [1.29, 1.82) is 0 Å². The Bertz CT molecular complexity index is 1590. The van der Waals surface area contributed by atoms with Crippen LogP contribution in [0.2, 0.25) is 0 Å². The number of primary sulfonamides is 1. The first-order valence-corrected chi connectivity index (χ1v) is 12.2. The number of rotatable bonds is 7. The first-order valence-electron chi connectivity index (χ1n) is 10.7. The van der Waals surface area contributed by atoms with Crippen LogP contribution < -0.4 is 10.5 Å². The number of aliphatic hydroxyl groups excluding tert-OH is 1. The highest BCUT2D eigenvalue weighted by molar-refractivity contribution is 7.89. The van der Waals surface area contributed by atoms with Crippen LogP contribution in [0.3, 0.4) is 0 Å². The summed E-state index contributed by atoms with van der Waals surface area (Å²) in [5, 5.41) is 23.3. The van der Waals surface area contributed by atoms with Gasteiger partial charge in [0.05, 0.1) is 18.3 Å². The quantitative estimate of drug-likeness (QED) is 0.317. The van der Waals surface area contributed by atoms with E-state index in [9.17, 15) is 13.5 Å². The van der Waals surface area contributed by atoms with Crippen molar-refractivity contribution in [2.24, 2.45) is 5.14 Å². The average molecular weight is 488 g/mol. The molecule has 0 aliphatic heterocycles. The molecule has 176 valence electrons. The molecule has 0 amide bonds. The van der Waals surface area contributed by atoms with Crippen molar-refractivity contribution < 1.29 is 13.5 Å². The molecule has 0 fully saturated rings. The van der Waals surface area contributed by atoms with Crippen molar-refractivity contribution in [2.75, 3.05) is 11.9 Å². The van der Waals surface area contributed by atoms with Gasteiger partial charge < -0.3 is 10.4 Å². The fourth-order valence-corrected chi connectivity index (χ4v) is 4.25. The Morgan fingerprint density at radius 3 is 2.54 bits per heavy atom. The third-order valence-electron chi connectivity index (χ3n) is 5.43. The Labute approximate surface area is 201 Å². The normalized spacial score (nSPS) is 12.5. The highest BCUT2D eigenvalue weighted by atomic mass is 32.2. The third-order valence-corrected chi connectivity index (χ3v) is 6.31. The molecule has 11 heteroatoms. The Hall–Kier alpha value is -4.19. The number of nitrogens with one attached hydrogen (secondary N) is 1. The number of aromatic nitrogens is 5. The van der Waals surface area contributed by atoms with Gasteiger partial charge in [0.2, 0.25) is 10.0 Å². The van der Waals surface area contributed by atoms with Gasteiger partial charge in [0.25, 0.3) is 0 Å². The first-order chi connectivity index (χ1) is 16.9. The number of aliphatic hydroxyl groups is 1. The molecule has 4 N–H and O–H groups in total. The van der Waals surface area contributed by atoms with E-state index in [1.165, 1.54) is 18.5 Å². The molecule has 35 heavy (non-hydrogen) atoms. The lowest BCUT2D eigenvalue weighted by Gasteiger charge is -2.18. The second-order valence-corrected chi connectivity index (χ2v) is 9.32. The number of fused-ring (bicyclic) bond motifs is 1. The monoisotopic (exact) mass is 487 g/mol. The number of hydrogen-bond acceptors (Lipinski definition) is 8. The van der Waals surface area contributed by atoms with Crippen LogP contribution in [0.4, 0.5) is 5.82 Å². The lowest BCUT2D eigenvalue weighted by atomic mass is 10.1. The molecule has 1 aromatic carbocycles. The second-order valence-electron chi connectivity index (χ2n) is 7.76. The van der Waals surface area contributed by atoms with Crippen LogP contribution in [0.1, 0.15) is 11.7 Å². The summed E-state index contributed by atoms with van der Waals surface area (Å²) in [6.45, 7) is -0.230. The number of sulfonamides is 1. The number of hydrogen-bond donors (Lipinski definition) is 3. The lowest BCUT2D eigenvalue weighted by Crippen LogP contribution is -2.18. The van der Waals surface area contributed by atoms with Gasteiger partial charge in [0.1, 0.15) is 10.4 Å². The summed E-state index contributed by atoms with van der Waals surface area (Å²) in [7, 11) is -3.96. The third kappa shape index (κ3) is 4.60. The number of benzene rings is 1. The number of anilines is 1. The van der Waals surface area contributed by atoms with E-state index < -0.39 is 16.1 Å². The molecule has 4 heterocycles. The van der Waals surface area contributed by atoms with E-state index >= 15 is 0 Å². The topological polar surface area (TPSA) is 148 Å². The summed E-state index contributed by atoms with van der Waals surface area (Å²) in [6.07, 6.45) is 6.07. The Morgan fingerprint density at radius 1 is 1.03 bits per heavy atom. The van der Waals surface area contributed by atoms with Crippen LogP contribution in [-0.4, -0.2) is 44.7 Å². The smallest absolute Gasteiger partial charge is 0.239 e. The zero-order valence-electron chi connectivity index (χ0n) is 18.4. The maximum absolute atomic E-state index is 11.8. The molecule has 1 atom stereocenters. The minimum absolute atomic E-state index is 0.146. The van der Waals surface area contributed by atoms with Crippen LogP contribution >= 0.6 is 0 Å². The maximum atomic E-state index is 11.8. The largest absolute Gasteiger partial charge is 0.394 e.